The Balaban J connectivity index is 2.75. The molecule has 1 aromatic carbocycles. The van der Waals surface area contributed by atoms with Crippen molar-refractivity contribution in [1.82, 2.24) is 4.98 Å². The van der Waals surface area contributed by atoms with Gasteiger partial charge in [-0.2, -0.15) is 5.26 Å². The van der Waals surface area contributed by atoms with Gasteiger partial charge in [-0.15, -0.1) is 0 Å². The maximum Gasteiger partial charge on any atom is 0.340 e. The van der Waals surface area contributed by atoms with Crippen LogP contribution in [0.3, 0.4) is 0 Å². The number of hydrogen-bond donors (Lipinski definition) is 0. The second-order valence-corrected chi connectivity index (χ2v) is 3.89. The average molecular weight is 268 g/mol. The van der Waals surface area contributed by atoms with Gasteiger partial charge in [0.25, 0.3) is 0 Å². The topological polar surface area (TPSA) is 72.2 Å². The van der Waals surface area contributed by atoms with E-state index in [0.29, 0.717) is 22.6 Å². The van der Waals surface area contributed by atoms with Gasteiger partial charge < -0.3 is 9.47 Å². The maximum atomic E-state index is 11.8. The predicted molar refractivity (Wildman–Crippen MR) is 72.3 cm³/mol. The molecule has 0 atom stereocenters. The minimum Gasteiger partial charge on any atom is -0.496 e. The summed E-state index contributed by atoms with van der Waals surface area (Å²) in [5.41, 5.74) is 1.52. The zero-order valence-electron chi connectivity index (χ0n) is 11.1. The first-order valence-electron chi connectivity index (χ1n) is 5.83. The highest BCUT2D eigenvalue weighted by Gasteiger charge is 2.20. The van der Waals surface area contributed by atoms with Crippen molar-refractivity contribution in [3.05, 3.63) is 47.7 Å². The minimum absolute atomic E-state index is 0.288. The number of carbonyl (C=O) groups is 1. The Labute approximate surface area is 116 Å². The van der Waals surface area contributed by atoms with Gasteiger partial charge in [0.2, 0.25) is 0 Å². The summed E-state index contributed by atoms with van der Waals surface area (Å²) >= 11 is 0. The number of aromatic nitrogens is 1. The van der Waals surface area contributed by atoms with Gasteiger partial charge >= 0.3 is 5.97 Å². The van der Waals surface area contributed by atoms with E-state index in [1.54, 1.807) is 36.5 Å². The second-order valence-electron chi connectivity index (χ2n) is 3.89. The lowest BCUT2D eigenvalue weighted by Crippen LogP contribution is -2.06. The number of pyridine rings is 1. The molecule has 2 aromatic rings. The van der Waals surface area contributed by atoms with Crippen LogP contribution in [0.5, 0.6) is 5.75 Å². The van der Waals surface area contributed by atoms with E-state index in [-0.39, 0.29) is 5.56 Å². The van der Waals surface area contributed by atoms with Gasteiger partial charge in [-0.3, -0.25) is 4.98 Å². The first kappa shape index (κ1) is 13.6. The fourth-order valence-electron chi connectivity index (χ4n) is 1.92. The first-order valence-corrected chi connectivity index (χ1v) is 5.83. The van der Waals surface area contributed by atoms with Crippen LogP contribution in [0.2, 0.25) is 0 Å². The van der Waals surface area contributed by atoms with Crippen LogP contribution >= 0.6 is 0 Å². The molecule has 0 radical (unpaired) electrons. The van der Waals surface area contributed by atoms with E-state index in [1.165, 1.54) is 14.2 Å². The third-order valence-electron chi connectivity index (χ3n) is 2.82. The van der Waals surface area contributed by atoms with Gasteiger partial charge in [0.05, 0.1) is 42.7 Å². The van der Waals surface area contributed by atoms with Crippen molar-refractivity contribution in [1.29, 1.82) is 5.26 Å². The molecule has 0 spiro atoms. The Bertz CT molecular complexity index is 690. The number of nitrogens with zero attached hydrogens (tertiary/aromatic N) is 2. The average Bonchev–Trinajstić information content (AvgIpc) is 2.53. The van der Waals surface area contributed by atoms with Crippen LogP contribution in [0, 0.1) is 11.3 Å². The Morgan fingerprint density at radius 2 is 2.05 bits per heavy atom. The van der Waals surface area contributed by atoms with Gasteiger partial charge in [0, 0.05) is 6.20 Å². The molecule has 1 aromatic heterocycles. The van der Waals surface area contributed by atoms with Gasteiger partial charge in [-0.05, 0) is 24.3 Å². The molecule has 1 heterocycles. The van der Waals surface area contributed by atoms with Crippen LogP contribution in [0.25, 0.3) is 11.3 Å². The molecule has 0 bridgehead atoms. The van der Waals surface area contributed by atoms with E-state index in [1.807, 2.05) is 0 Å². The molecule has 5 heteroatoms. The van der Waals surface area contributed by atoms with E-state index in [2.05, 4.69) is 11.1 Å². The summed E-state index contributed by atoms with van der Waals surface area (Å²) in [6.07, 6.45) is 1.55. The lowest BCUT2D eigenvalue weighted by atomic mass is 10.00. The van der Waals surface area contributed by atoms with Gasteiger partial charge in [-0.25, -0.2) is 4.79 Å². The molecule has 0 aliphatic heterocycles. The van der Waals surface area contributed by atoms with Crippen molar-refractivity contribution in [3.63, 3.8) is 0 Å². The molecule has 0 saturated heterocycles. The fourth-order valence-corrected chi connectivity index (χ4v) is 1.92. The molecule has 0 saturated carbocycles. The molecule has 100 valence electrons. The lowest BCUT2D eigenvalue weighted by Gasteiger charge is -2.12. The number of ether oxygens (including phenoxy) is 2. The summed E-state index contributed by atoms with van der Waals surface area (Å²) in [4.78, 5) is 16.0. The van der Waals surface area contributed by atoms with Crippen LogP contribution < -0.4 is 4.74 Å². The van der Waals surface area contributed by atoms with Gasteiger partial charge in [0.15, 0.2) is 0 Å². The highest BCUT2D eigenvalue weighted by Crippen LogP contribution is 2.33. The van der Waals surface area contributed by atoms with Gasteiger partial charge in [-0.1, -0.05) is 6.07 Å². The molecule has 5 nitrogen and oxygen atoms in total. The maximum absolute atomic E-state index is 11.8. The van der Waals surface area contributed by atoms with E-state index in [0.717, 1.165) is 0 Å². The zero-order valence-corrected chi connectivity index (χ0v) is 11.1. The van der Waals surface area contributed by atoms with Crippen LogP contribution in [0.1, 0.15) is 15.9 Å². The summed E-state index contributed by atoms with van der Waals surface area (Å²) in [5, 5.41) is 9.24. The molecule has 0 N–H and O–H groups in total. The quantitative estimate of drug-likeness (QED) is 0.799. The van der Waals surface area contributed by atoms with Crippen molar-refractivity contribution in [2.24, 2.45) is 0 Å². The van der Waals surface area contributed by atoms with Crippen LogP contribution in [0.15, 0.2) is 36.5 Å². The summed E-state index contributed by atoms with van der Waals surface area (Å²) in [5.74, 6) is -0.0317. The largest absolute Gasteiger partial charge is 0.496 e. The first-order chi connectivity index (χ1) is 9.72. The number of carbonyl (C=O) groups excluding carboxylic acids is 1. The lowest BCUT2D eigenvalue weighted by molar-refractivity contribution is 0.0601. The third kappa shape index (κ3) is 2.31. The Morgan fingerprint density at radius 3 is 2.70 bits per heavy atom. The van der Waals surface area contributed by atoms with E-state index in [4.69, 9.17) is 9.47 Å². The molecule has 20 heavy (non-hydrogen) atoms. The summed E-state index contributed by atoms with van der Waals surface area (Å²) in [6.45, 7) is 0. The van der Waals surface area contributed by atoms with Crippen LogP contribution in [-0.2, 0) is 4.74 Å². The summed E-state index contributed by atoms with van der Waals surface area (Å²) < 4.78 is 10.0. The van der Waals surface area contributed by atoms with E-state index < -0.39 is 5.97 Å². The SMILES string of the molecule is COC(=O)c1cccnc1-c1c(C#N)cccc1OC. The Morgan fingerprint density at radius 1 is 1.25 bits per heavy atom. The highest BCUT2D eigenvalue weighted by atomic mass is 16.5. The van der Waals surface area contributed by atoms with Crippen molar-refractivity contribution in [2.45, 2.75) is 0 Å². The highest BCUT2D eigenvalue weighted by molar-refractivity contribution is 5.97. The molecule has 0 fully saturated rings. The number of esters is 1. The molecular weight excluding hydrogens is 256 g/mol. The van der Waals surface area contributed by atoms with E-state index >= 15 is 0 Å². The third-order valence-corrected chi connectivity index (χ3v) is 2.82. The molecular formula is C15H12N2O3. The number of nitriles is 1. The smallest absolute Gasteiger partial charge is 0.340 e. The predicted octanol–water partition coefficient (Wildman–Crippen LogP) is 2.42. The minimum atomic E-state index is -0.511. The van der Waals surface area contributed by atoms with Crippen molar-refractivity contribution >= 4 is 5.97 Å². The van der Waals surface area contributed by atoms with Crippen molar-refractivity contribution in [3.8, 4) is 23.1 Å². The summed E-state index contributed by atoms with van der Waals surface area (Å²) in [6, 6.07) is 10.4. The molecule has 0 aliphatic rings. The molecule has 0 aliphatic carbocycles. The summed E-state index contributed by atoms with van der Waals surface area (Å²) in [7, 11) is 2.80. The van der Waals surface area contributed by atoms with Crippen LogP contribution in [-0.4, -0.2) is 25.2 Å². The number of hydrogen-bond acceptors (Lipinski definition) is 5. The molecule has 2 rings (SSSR count). The van der Waals surface area contributed by atoms with E-state index in [9.17, 15) is 10.1 Å². The van der Waals surface area contributed by atoms with Gasteiger partial charge in [0.1, 0.15) is 5.75 Å². The Kier molecular flexibility index (Phi) is 3.96. The standard InChI is InChI=1S/C15H12N2O3/c1-19-12-7-3-5-10(9-16)13(12)14-11(15(18)20-2)6-4-8-17-14/h3-8H,1-2H3. The van der Waals surface area contributed by atoms with Crippen molar-refractivity contribution < 1.29 is 14.3 Å². The zero-order chi connectivity index (χ0) is 14.5. The normalized spacial score (nSPS) is 9.65. The number of methoxy groups -OCH3 is 2. The van der Waals surface area contributed by atoms with Crippen LogP contribution in [0.4, 0.5) is 0 Å². The number of benzene rings is 1. The van der Waals surface area contributed by atoms with Crippen molar-refractivity contribution in [2.75, 3.05) is 14.2 Å². The Hall–Kier alpha value is -2.87. The monoisotopic (exact) mass is 268 g/mol. The molecule has 0 amide bonds. The number of rotatable bonds is 3. The molecule has 0 unspecified atom stereocenters. The fraction of sp³-hybridized carbons (Fsp3) is 0.133. The second kappa shape index (κ2) is 5.85.